The molecule has 0 aromatic rings. The molecule has 66 valence electrons. The van der Waals surface area contributed by atoms with Crippen LogP contribution in [-0.4, -0.2) is 18.7 Å². The van der Waals surface area contributed by atoms with Crippen LogP contribution >= 0.6 is 0 Å². The molecular formula is C8H12N2O2. The van der Waals surface area contributed by atoms with E-state index in [2.05, 4.69) is 16.1 Å². The first-order valence-corrected chi connectivity index (χ1v) is 4.00. The van der Waals surface area contributed by atoms with Gasteiger partial charge in [-0.25, -0.2) is 4.79 Å². The normalized spacial score (nSPS) is 19.7. The van der Waals surface area contributed by atoms with Gasteiger partial charge in [0.25, 0.3) is 0 Å². The Bertz CT molecular complexity index is 214. The molecule has 0 spiro atoms. The van der Waals surface area contributed by atoms with Crippen molar-refractivity contribution in [3.8, 4) is 6.07 Å². The Morgan fingerprint density at radius 1 is 1.58 bits per heavy atom. The van der Waals surface area contributed by atoms with Crippen molar-refractivity contribution in [2.24, 2.45) is 0 Å². The number of nitriles is 1. The summed E-state index contributed by atoms with van der Waals surface area (Å²) >= 11 is 0. The van der Waals surface area contributed by atoms with Gasteiger partial charge in [0, 0.05) is 0 Å². The Morgan fingerprint density at radius 2 is 2.17 bits per heavy atom. The highest BCUT2D eigenvalue weighted by atomic mass is 16.5. The van der Waals surface area contributed by atoms with Crippen LogP contribution < -0.4 is 5.32 Å². The van der Waals surface area contributed by atoms with Gasteiger partial charge in [0.05, 0.1) is 13.2 Å². The van der Waals surface area contributed by atoms with Gasteiger partial charge in [-0.1, -0.05) is 0 Å². The molecule has 1 aliphatic rings. The molecule has 0 aliphatic heterocycles. The van der Waals surface area contributed by atoms with E-state index in [9.17, 15) is 4.79 Å². The number of ether oxygens (including phenoxy) is 1. The number of hydrogen-bond donors (Lipinski definition) is 1. The van der Waals surface area contributed by atoms with E-state index >= 15 is 0 Å². The largest absolute Gasteiger partial charge is 0.453 e. The summed E-state index contributed by atoms with van der Waals surface area (Å²) < 4.78 is 4.44. The summed E-state index contributed by atoms with van der Waals surface area (Å²) in [6.07, 6.45) is 2.95. The molecule has 0 aromatic carbocycles. The molecule has 1 rings (SSSR count). The lowest BCUT2D eigenvalue weighted by atomic mass is 10.0. The fourth-order valence-electron chi connectivity index (χ4n) is 1.49. The standard InChI is InChI=1S/C8H12N2O2/c1-12-7(11)10-8(6-9)4-2-3-5-8/h2-5H2,1H3,(H,10,11). The van der Waals surface area contributed by atoms with E-state index in [1.807, 2.05) is 0 Å². The second-order valence-electron chi connectivity index (χ2n) is 3.02. The lowest BCUT2D eigenvalue weighted by Gasteiger charge is -2.20. The Morgan fingerprint density at radius 3 is 2.58 bits per heavy atom. The summed E-state index contributed by atoms with van der Waals surface area (Å²) in [6, 6.07) is 2.13. The third-order valence-corrected chi connectivity index (χ3v) is 2.20. The van der Waals surface area contributed by atoms with Crippen molar-refractivity contribution in [1.82, 2.24) is 5.32 Å². The summed E-state index contributed by atoms with van der Waals surface area (Å²) in [5.74, 6) is 0. The van der Waals surface area contributed by atoms with E-state index in [1.54, 1.807) is 0 Å². The lowest BCUT2D eigenvalue weighted by molar-refractivity contribution is 0.162. The molecule has 0 bridgehead atoms. The summed E-state index contributed by atoms with van der Waals surface area (Å²) in [5, 5.41) is 11.4. The number of nitrogens with one attached hydrogen (secondary N) is 1. The third-order valence-electron chi connectivity index (χ3n) is 2.20. The zero-order valence-electron chi connectivity index (χ0n) is 7.09. The van der Waals surface area contributed by atoms with E-state index in [1.165, 1.54) is 7.11 Å². The van der Waals surface area contributed by atoms with Crippen molar-refractivity contribution in [3.05, 3.63) is 0 Å². The minimum Gasteiger partial charge on any atom is -0.453 e. The predicted octanol–water partition coefficient (Wildman–Crippen LogP) is 1.18. The molecule has 1 aliphatic carbocycles. The number of rotatable bonds is 1. The zero-order valence-corrected chi connectivity index (χ0v) is 7.09. The molecular weight excluding hydrogens is 156 g/mol. The quantitative estimate of drug-likeness (QED) is 0.639. The molecule has 0 aromatic heterocycles. The maximum absolute atomic E-state index is 10.8. The average Bonchev–Trinajstić information content (AvgIpc) is 2.54. The number of carbonyl (C=O) groups excluding carboxylic acids is 1. The number of amides is 1. The van der Waals surface area contributed by atoms with Crippen molar-refractivity contribution >= 4 is 6.09 Å². The van der Waals surface area contributed by atoms with Gasteiger partial charge in [-0.2, -0.15) is 5.26 Å². The number of alkyl carbamates (subject to hydrolysis) is 1. The van der Waals surface area contributed by atoms with E-state index in [0.29, 0.717) is 0 Å². The molecule has 1 N–H and O–H groups in total. The highest BCUT2D eigenvalue weighted by molar-refractivity contribution is 5.68. The Labute approximate surface area is 71.5 Å². The van der Waals surface area contributed by atoms with Crippen LogP contribution in [0, 0.1) is 11.3 Å². The van der Waals surface area contributed by atoms with Crippen LogP contribution in [0.25, 0.3) is 0 Å². The van der Waals surface area contributed by atoms with E-state index in [0.717, 1.165) is 25.7 Å². The van der Waals surface area contributed by atoms with Gasteiger partial charge in [-0.15, -0.1) is 0 Å². The molecule has 4 heteroatoms. The molecule has 1 amide bonds. The number of methoxy groups -OCH3 is 1. The minimum atomic E-state index is -0.660. The van der Waals surface area contributed by atoms with Crippen LogP contribution in [0.3, 0.4) is 0 Å². The Balaban J connectivity index is 2.57. The van der Waals surface area contributed by atoms with Crippen LogP contribution in [0.5, 0.6) is 0 Å². The first kappa shape index (κ1) is 8.85. The summed E-state index contributed by atoms with van der Waals surface area (Å²) in [7, 11) is 1.30. The summed E-state index contributed by atoms with van der Waals surface area (Å²) in [4.78, 5) is 10.8. The predicted molar refractivity (Wildman–Crippen MR) is 42.4 cm³/mol. The minimum absolute atomic E-state index is 0.515. The monoisotopic (exact) mass is 168 g/mol. The van der Waals surface area contributed by atoms with Gasteiger partial charge in [0.2, 0.25) is 0 Å². The van der Waals surface area contributed by atoms with Crippen LogP contribution in [0.4, 0.5) is 4.79 Å². The number of hydrogen-bond acceptors (Lipinski definition) is 3. The first-order chi connectivity index (χ1) is 5.72. The third kappa shape index (κ3) is 1.67. The summed E-state index contributed by atoms with van der Waals surface area (Å²) in [6.45, 7) is 0. The topological polar surface area (TPSA) is 62.1 Å². The molecule has 0 saturated heterocycles. The van der Waals surface area contributed by atoms with Gasteiger partial charge < -0.3 is 10.1 Å². The number of nitrogens with zero attached hydrogens (tertiary/aromatic N) is 1. The van der Waals surface area contributed by atoms with Crippen molar-refractivity contribution in [1.29, 1.82) is 5.26 Å². The summed E-state index contributed by atoms with van der Waals surface area (Å²) in [5.41, 5.74) is -0.660. The van der Waals surface area contributed by atoms with Gasteiger partial charge in [-0.05, 0) is 25.7 Å². The van der Waals surface area contributed by atoms with Crippen molar-refractivity contribution < 1.29 is 9.53 Å². The van der Waals surface area contributed by atoms with Gasteiger partial charge in [-0.3, -0.25) is 0 Å². The zero-order chi connectivity index (χ0) is 9.03. The van der Waals surface area contributed by atoms with Crippen molar-refractivity contribution in [3.63, 3.8) is 0 Å². The molecule has 4 nitrogen and oxygen atoms in total. The van der Waals surface area contributed by atoms with Crippen LogP contribution in [0.2, 0.25) is 0 Å². The second-order valence-corrected chi connectivity index (χ2v) is 3.02. The molecule has 0 radical (unpaired) electrons. The number of carbonyl (C=O) groups is 1. The molecule has 1 fully saturated rings. The maximum Gasteiger partial charge on any atom is 0.408 e. The van der Waals surface area contributed by atoms with E-state index in [4.69, 9.17) is 5.26 Å². The Kier molecular flexibility index (Phi) is 2.54. The average molecular weight is 168 g/mol. The molecule has 1 saturated carbocycles. The fourth-order valence-corrected chi connectivity index (χ4v) is 1.49. The van der Waals surface area contributed by atoms with Gasteiger partial charge in [0.1, 0.15) is 5.54 Å². The molecule has 12 heavy (non-hydrogen) atoms. The van der Waals surface area contributed by atoms with Gasteiger partial charge in [0.15, 0.2) is 0 Å². The van der Waals surface area contributed by atoms with Crippen LogP contribution in [0.15, 0.2) is 0 Å². The second kappa shape index (κ2) is 3.44. The first-order valence-electron chi connectivity index (χ1n) is 4.00. The lowest BCUT2D eigenvalue weighted by Crippen LogP contribution is -2.44. The van der Waals surface area contributed by atoms with E-state index in [-0.39, 0.29) is 0 Å². The highest BCUT2D eigenvalue weighted by Crippen LogP contribution is 2.28. The van der Waals surface area contributed by atoms with Crippen LogP contribution in [-0.2, 0) is 4.74 Å². The Hall–Kier alpha value is -1.24. The van der Waals surface area contributed by atoms with E-state index < -0.39 is 11.6 Å². The molecule has 0 heterocycles. The van der Waals surface area contributed by atoms with Crippen molar-refractivity contribution in [2.75, 3.05) is 7.11 Å². The smallest absolute Gasteiger partial charge is 0.408 e. The SMILES string of the molecule is COC(=O)NC1(C#N)CCCC1. The fraction of sp³-hybridized carbons (Fsp3) is 0.750. The molecule has 0 atom stereocenters. The van der Waals surface area contributed by atoms with Crippen LogP contribution in [0.1, 0.15) is 25.7 Å². The highest BCUT2D eigenvalue weighted by Gasteiger charge is 2.35. The van der Waals surface area contributed by atoms with Crippen molar-refractivity contribution in [2.45, 2.75) is 31.2 Å². The molecule has 0 unspecified atom stereocenters. The maximum atomic E-state index is 10.8. The van der Waals surface area contributed by atoms with Gasteiger partial charge >= 0.3 is 6.09 Å².